The Labute approximate surface area is 108 Å². The van der Waals surface area contributed by atoms with Gasteiger partial charge in [-0.15, -0.1) is 0 Å². The lowest BCUT2D eigenvalue weighted by atomic mass is 10.1. The maximum Gasteiger partial charge on any atom is 0.176 e. The van der Waals surface area contributed by atoms with Gasteiger partial charge in [-0.05, 0) is 38.8 Å². The molecule has 0 aliphatic carbocycles. The zero-order valence-corrected chi connectivity index (χ0v) is 10.9. The summed E-state index contributed by atoms with van der Waals surface area (Å²) in [7, 11) is 0. The van der Waals surface area contributed by atoms with E-state index in [9.17, 15) is 4.79 Å². The van der Waals surface area contributed by atoms with E-state index in [0.29, 0.717) is 12.6 Å². The van der Waals surface area contributed by atoms with Crippen LogP contribution in [0.15, 0.2) is 24.3 Å². The van der Waals surface area contributed by atoms with Gasteiger partial charge in [-0.1, -0.05) is 23.8 Å². The normalized spacial score (nSPS) is 20.2. The molecule has 1 fully saturated rings. The first kappa shape index (κ1) is 13.2. The first-order valence-corrected chi connectivity index (χ1v) is 6.65. The van der Waals surface area contributed by atoms with Crippen molar-refractivity contribution in [1.82, 2.24) is 4.90 Å². The second kappa shape index (κ2) is 6.12. The topological polar surface area (TPSA) is 40.5 Å². The van der Waals surface area contributed by atoms with Crippen molar-refractivity contribution >= 4 is 5.78 Å². The van der Waals surface area contributed by atoms with E-state index in [1.54, 1.807) is 0 Å². The van der Waals surface area contributed by atoms with Gasteiger partial charge in [0.25, 0.3) is 0 Å². The van der Waals surface area contributed by atoms with Crippen molar-refractivity contribution < 1.29 is 9.90 Å². The van der Waals surface area contributed by atoms with E-state index < -0.39 is 0 Å². The number of aryl methyl sites for hydroxylation is 1. The molecule has 98 valence electrons. The van der Waals surface area contributed by atoms with Gasteiger partial charge in [0.1, 0.15) is 0 Å². The highest BCUT2D eigenvalue weighted by Crippen LogP contribution is 2.20. The summed E-state index contributed by atoms with van der Waals surface area (Å²) in [6.07, 6.45) is 3.01. The molecule has 0 bridgehead atoms. The Morgan fingerprint density at radius 3 is 3.06 bits per heavy atom. The minimum absolute atomic E-state index is 0.184. The molecule has 0 spiro atoms. The van der Waals surface area contributed by atoms with Gasteiger partial charge in [-0.25, -0.2) is 0 Å². The fourth-order valence-electron chi connectivity index (χ4n) is 2.67. The minimum Gasteiger partial charge on any atom is -0.396 e. The first-order chi connectivity index (χ1) is 8.70. The third kappa shape index (κ3) is 3.18. The van der Waals surface area contributed by atoms with Crippen LogP contribution in [0.2, 0.25) is 0 Å². The third-order valence-electron chi connectivity index (χ3n) is 3.65. The maximum absolute atomic E-state index is 12.2. The van der Waals surface area contributed by atoms with Crippen LogP contribution in [0.4, 0.5) is 0 Å². The van der Waals surface area contributed by atoms with Crippen molar-refractivity contribution in [3.63, 3.8) is 0 Å². The molecule has 1 N–H and O–H groups in total. The molecule has 18 heavy (non-hydrogen) atoms. The predicted molar refractivity (Wildman–Crippen MR) is 71.8 cm³/mol. The van der Waals surface area contributed by atoms with E-state index in [2.05, 4.69) is 4.90 Å². The number of Topliss-reactive ketones (excluding diaryl/α,β-unsaturated/α-hetero) is 1. The van der Waals surface area contributed by atoms with Crippen molar-refractivity contribution in [2.24, 2.45) is 0 Å². The van der Waals surface area contributed by atoms with Crippen LogP contribution in [0.5, 0.6) is 0 Å². The van der Waals surface area contributed by atoms with Crippen LogP contribution in [-0.4, -0.2) is 41.5 Å². The lowest BCUT2D eigenvalue weighted by Crippen LogP contribution is -2.34. The van der Waals surface area contributed by atoms with Gasteiger partial charge < -0.3 is 5.11 Å². The van der Waals surface area contributed by atoms with Crippen LogP contribution in [0.25, 0.3) is 0 Å². The molecule has 1 aromatic rings. The van der Waals surface area contributed by atoms with Gasteiger partial charge >= 0.3 is 0 Å². The SMILES string of the molecule is Cc1cccc(C(=O)CN2CCCC2CCO)c1. The van der Waals surface area contributed by atoms with E-state index >= 15 is 0 Å². The van der Waals surface area contributed by atoms with Gasteiger partial charge in [0, 0.05) is 18.2 Å². The van der Waals surface area contributed by atoms with E-state index in [1.807, 2.05) is 31.2 Å². The predicted octanol–water partition coefficient (Wildman–Crippen LogP) is 2.02. The molecule has 1 aliphatic heterocycles. The van der Waals surface area contributed by atoms with Gasteiger partial charge in [-0.2, -0.15) is 0 Å². The molecule has 1 saturated heterocycles. The molecular formula is C15H21NO2. The number of hydrogen-bond acceptors (Lipinski definition) is 3. The Balaban J connectivity index is 1.98. The average molecular weight is 247 g/mol. The summed E-state index contributed by atoms with van der Waals surface area (Å²) >= 11 is 0. The summed E-state index contributed by atoms with van der Waals surface area (Å²) in [6.45, 7) is 3.66. The lowest BCUT2D eigenvalue weighted by Gasteiger charge is -2.22. The highest BCUT2D eigenvalue weighted by molar-refractivity contribution is 5.97. The van der Waals surface area contributed by atoms with Crippen LogP contribution in [-0.2, 0) is 0 Å². The highest BCUT2D eigenvalue weighted by atomic mass is 16.3. The summed E-state index contributed by atoms with van der Waals surface area (Å²) < 4.78 is 0. The Kier molecular flexibility index (Phi) is 4.50. The number of aliphatic hydroxyl groups is 1. The number of carbonyl (C=O) groups excluding carboxylic acids is 1. The lowest BCUT2D eigenvalue weighted by molar-refractivity contribution is 0.0909. The highest BCUT2D eigenvalue weighted by Gasteiger charge is 2.25. The first-order valence-electron chi connectivity index (χ1n) is 6.65. The quantitative estimate of drug-likeness (QED) is 0.809. The number of likely N-dealkylation sites (tertiary alicyclic amines) is 1. The second-order valence-corrected chi connectivity index (χ2v) is 5.07. The molecule has 1 aliphatic rings. The molecule has 3 nitrogen and oxygen atoms in total. The fourth-order valence-corrected chi connectivity index (χ4v) is 2.67. The van der Waals surface area contributed by atoms with Crippen molar-refractivity contribution in [2.45, 2.75) is 32.2 Å². The molecule has 3 heteroatoms. The Bertz CT molecular complexity index is 417. The van der Waals surface area contributed by atoms with Gasteiger partial charge in [0.2, 0.25) is 0 Å². The van der Waals surface area contributed by atoms with Crippen LogP contribution >= 0.6 is 0 Å². The monoisotopic (exact) mass is 247 g/mol. The molecule has 0 aromatic heterocycles. The number of hydrogen-bond donors (Lipinski definition) is 1. The second-order valence-electron chi connectivity index (χ2n) is 5.07. The van der Waals surface area contributed by atoms with E-state index in [1.165, 1.54) is 0 Å². The Morgan fingerprint density at radius 1 is 1.50 bits per heavy atom. The number of rotatable bonds is 5. The summed E-state index contributed by atoms with van der Waals surface area (Å²) in [4.78, 5) is 14.4. The smallest absolute Gasteiger partial charge is 0.176 e. The van der Waals surface area contributed by atoms with Gasteiger partial charge in [-0.3, -0.25) is 9.69 Å². The molecular weight excluding hydrogens is 226 g/mol. The molecule has 1 unspecified atom stereocenters. The van der Waals surface area contributed by atoms with Crippen LogP contribution in [0, 0.1) is 6.92 Å². The van der Waals surface area contributed by atoms with E-state index in [0.717, 1.165) is 36.9 Å². The number of carbonyl (C=O) groups is 1. The van der Waals surface area contributed by atoms with Crippen molar-refractivity contribution in [1.29, 1.82) is 0 Å². The minimum atomic E-state index is 0.184. The molecule has 1 heterocycles. The molecule has 0 saturated carbocycles. The standard InChI is InChI=1S/C15H21NO2/c1-12-4-2-5-13(10-12)15(18)11-16-8-3-6-14(16)7-9-17/h2,4-5,10,14,17H,3,6-9,11H2,1H3. The largest absolute Gasteiger partial charge is 0.396 e. The third-order valence-corrected chi connectivity index (χ3v) is 3.65. The summed E-state index contributed by atoms with van der Waals surface area (Å²) in [5.74, 6) is 0.184. The number of nitrogens with zero attached hydrogens (tertiary/aromatic N) is 1. The number of aliphatic hydroxyl groups excluding tert-OH is 1. The molecule has 0 radical (unpaired) electrons. The van der Waals surface area contributed by atoms with Crippen molar-refractivity contribution in [3.8, 4) is 0 Å². The van der Waals surface area contributed by atoms with E-state index in [4.69, 9.17) is 5.11 Å². The molecule has 1 atom stereocenters. The maximum atomic E-state index is 12.2. The number of ketones is 1. The van der Waals surface area contributed by atoms with Gasteiger partial charge in [0.05, 0.1) is 6.54 Å². The van der Waals surface area contributed by atoms with Crippen molar-refractivity contribution in [3.05, 3.63) is 35.4 Å². The zero-order chi connectivity index (χ0) is 13.0. The van der Waals surface area contributed by atoms with Crippen molar-refractivity contribution in [2.75, 3.05) is 19.7 Å². The summed E-state index contributed by atoms with van der Waals surface area (Å²) in [6, 6.07) is 8.13. The summed E-state index contributed by atoms with van der Waals surface area (Å²) in [5, 5.41) is 9.02. The van der Waals surface area contributed by atoms with Gasteiger partial charge in [0.15, 0.2) is 5.78 Å². The molecule has 0 amide bonds. The molecule has 2 rings (SSSR count). The van der Waals surface area contributed by atoms with Crippen LogP contribution < -0.4 is 0 Å². The van der Waals surface area contributed by atoms with E-state index in [-0.39, 0.29) is 12.4 Å². The fraction of sp³-hybridized carbons (Fsp3) is 0.533. The number of benzene rings is 1. The Hall–Kier alpha value is -1.19. The molecule has 1 aromatic carbocycles. The van der Waals surface area contributed by atoms with Crippen LogP contribution in [0.1, 0.15) is 35.2 Å². The summed E-state index contributed by atoms with van der Waals surface area (Å²) in [5.41, 5.74) is 1.92. The average Bonchev–Trinajstić information content (AvgIpc) is 2.77. The Morgan fingerprint density at radius 2 is 2.33 bits per heavy atom. The van der Waals surface area contributed by atoms with Crippen LogP contribution in [0.3, 0.4) is 0 Å². The zero-order valence-electron chi connectivity index (χ0n) is 10.9.